The van der Waals surface area contributed by atoms with E-state index >= 15 is 0 Å². The zero-order valence-corrected chi connectivity index (χ0v) is 21.4. The fourth-order valence-corrected chi connectivity index (χ4v) is 5.09. The van der Waals surface area contributed by atoms with E-state index in [1.807, 2.05) is 60.8 Å². The van der Waals surface area contributed by atoms with E-state index in [9.17, 15) is 4.39 Å². The summed E-state index contributed by atoms with van der Waals surface area (Å²) in [6.07, 6.45) is 3.29. The topological polar surface area (TPSA) is 84.1 Å². The van der Waals surface area contributed by atoms with Gasteiger partial charge in [0.1, 0.15) is 23.8 Å². The van der Waals surface area contributed by atoms with Gasteiger partial charge < -0.3 is 15.5 Å². The second kappa shape index (κ2) is 9.74. The third kappa shape index (κ3) is 4.70. The molecule has 1 aliphatic rings. The van der Waals surface area contributed by atoms with Gasteiger partial charge in [0.05, 0.1) is 11.1 Å². The molecule has 2 N–H and O–H groups in total. The summed E-state index contributed by atoms with van der Waals surface area (Å²) in [6, 6.07) is 20.8. The summed E-state index contributed by atoms with van der Waals surface area (Å²) in [5.41, 5.74) is 11.4. The Kier molecular flexibility index (Phi) is 6.13. The van der Waals surface area contributed by atoms with Crippen LogP contribution in [0.3, 0.4) is 0 Å². The van der Waals surface area contributed by atoms with Crippen molar-refractivity contribution in [2.75, 3.05) is 41.7 Å². The Balaban J connectivity index is 1.27. The number of hydrogen-bond donors (Lipinski definition) is 1. The highest BCUT2D eigenvalue weighted by atomic mass is 79.9. The molecule has 6 rings (SSSR count). The minimum absolute atomic E-state index is 0.216. The third-order valence-corrected chi connectivity index (χ3v) is 7.10. The molecule has 0 radical (unpaired) electrons. The molecule has 0 aliphatic carbocycles. The van der Waals surface area contributed by atoms with E-state index in [1.165, 1.54) is 18.5 Å². The number of aromatic nitrogens is 4. The first-order valence-corrected chi connectivity index (χ1v) is 12.7. The minimum atomic E-state index is -0.216. The van der Waals surface area contributed by atoms with Gasteiger partial charge in [0.25, 0.3) is 0 Å². The maximum atomic E-state index is 13.3. The summed E-state index contributed by atoms with van der Waals surface area (Å²) in [6.45, 7) is 3.36. The quantitative estimate of drug-likeness (QED) is 0.310. The molecule has 7 nitrogen and oxygen atoms in total. The zero-order valence-electron chi connectivity index (χ0n) is 19.9. The first-order chi connectivity index (χ1) is 18.0. The molecule has 3 aromatic heterocycles. The maximum Gasteiger partial charge on any atom is 0.165 e. The van der Waals surface area contributed by atoms with E-state index < -0.39 is 0 Å². The highest BCUT2D eigenvalue weighted by molar-refractivity contribution is 9.10. The lowest BCUT2D eigenvalue weighted by molar-refractivity contribution is 0.624. The molecule has 0 bridgehead atoms. The number of nitrogen functional groups attached to an aromatic ring is 1. The van der Waals surface area contributed by atoms with Gasteiger partial charge in [0.15, 0.2) is 5.65 Å². The molecule has 37 heavy (non-hydrogen) atoms. The molecular formula is C28H23BrFN7. The van der Waals surface area contributed by atoms with E-state index in [-0.39, 0.29) is 5.82 Å². The third-order valence-electron chi connectivity index (χ3n) is 6.61. The molecular weight excluding hydrogens is 533 g/mol. The summed E-state index contributed by atoms with van der Waals surface area (Å²) in [5.74, 6) is 1.10. The average Bonchev–Trinajstić information content (AvgIpc) is 2.93. The number of hydrogen-bond acceptors (Lipinski definition) is 7. The number of rotatable bonds is 4. The molecule has 0 saturated carbocycles. The van der Waals surface area contributed by atoms with Crippen LogP contribution < -0.4 is 15.5 Å². The number of anilines is 3. The van der Waals surface area contributed by atoms with Crippen molar-refractivity contribution in [3.05, 3.63) is 89.5 Å². The van der Waals surface area contributed by atoms with E-state index in [0.717, 1.165) is 69.9 Å². The van der Waals surface area contributed by atoms with Crippen molar-refractivity contribution in [3.63, 3.8) is 0 Å². The van der Waals surface area contributed by atoms with Crippen LogP contribution in [0, 0.1) is 5.82 Å². The van der Waals surface area contributed by atoms with Gasteiger partial charge in [-0.1, -0.05) is 28.1 Å². The van der Waals surface area contributed by atoms with Crippen molar-refractivity contribution >= 4 is 44.3 Å². The van der Waals surface area contributed by atoms with Crippen LogP contribution in [0.1, 0.15) is 0 Å². The lowest BCUT2D eigenvalue weighted by Crippen LogP contribution is -2.46. The van der Waals surface area contributed by atoms with Crippen LogP contribution in [-0.4, -0.2) is 46.1 Å². The van der Waals surface area contributed by atoms with Crippen molar-refractivity contribution in [1.29, 1.82) is 0 Å². The number of fused-ring (bicyclic) bond motifs is 1. The lowest BCUT2D eigenvalue weighted by atomic mass is 10.0. The number of piperazine rings is 1. The summed E-state index contributed by atoms with van der Waals surface area (Å²) in [7, 11) is 0. The highest BCUT2D eigenvalue weighted by Crippen LogP contribution is 2.34. The average molecular weight is 556 g/mol. The molecule has 184 valence electrons. The van der Waals surface area contributed by atoms with Gasteiger partial charge in [-0.15, -0.1) is 0 Å². The van der Waals surface area contributed by atoms with E-state index in [1.54, 1.807) is 0 Å². The van der Waals surface area contributed by atoms with Crippen molar-refractivity contribution < 1.29 is 4.39 Å². The highest BCUT2D eigenvalue weighted by Gasteiger charge is 2.19. The Morgan fingerprint density at radius 2 is 1.59 bits per heavy atom. The van der Waals surface area contributed by atoms with Gasteiger partial charge >= 0.3 is 0 Å². The normalized spacial score (nSPS) is 13.8. The second-order valence-electron chi connectivity index (χ2n) is 8.88. The predicted octanol–water partition coefficient (Wildman–Crippen LogP) is 5.56. The van der Waals surface area contributed by atoms with Crippen molar-refractivity contribution in [2.45, 2.75) is 0 Å². The van der Waals surface area contributed by atoms with Crippen LogP contribution in [-0.2, 0) is 0 Å². The van der Waals surface area contributed by atoms with Crippen molar-refractivity contribution in [1.82, 2.24) is 19.9 Å². The van der Waals surface area contributed by atoms with Crippen LogP contribution in [0.5, 0.6) is 0 Å². The largest absolute Gasteiger partial charge is 0.383 e. The monoisotopic (exact) mass is 555 g/mol. The fraction of sp³-hybridized carbons (Fsp3) is 0.143. The number of nitrogens with two attached hydrogens (primary N) is 1. The van der Waals surface area contributed by atoms with Gasteiger partial charge in [-0.25, -0.2) is 24.3 Å². The van der Waals surface area contributed by atoms with Gasteiger partial charge in [0.2, 0.25) is 0 Å². The molecule has 5 aromatic rings. The summed E-state index contributed by atoms with van der Waals surface area (Å²) in [5, 5.41) is 0.730. The first kappa shape index (κ1) is 23.3. The Morgan fingerprint density at radius 1 is 0.811 bits per heavy atom. The Bertz CT molecular complexity index is 1570. The Morgan fingerprint density at radius 3 is 2.32 bits per heavy atom. The standard InChI is InChI=1S/C28H23BrFN7/c29-20-3-1-2-18(14-20)23-15-24(35-28-26(23)27(31)33-17-34-28)19-4-9-25(32-16-19)37-12-10-36(11-13-37)22-7-5-21(30)6-8-22/h1-9,14-17H,10-13H2,(H2,31,33,34,35). The molecule has 1 aliphatic heterocycles. The smallest absolute Gasteiger partial charge is 0.165 e. The van der Waals surface area contributed by atoms with Crippen molar-refractivity contribution in [3.8, 4) is 22.4 Å². The molecule has 0 atom stereocenters. The zero-order chi connectivity index (χ0) is 25.4. The van der Waals surface area contributed by atoms with Crippen LogP contribution in [0.2, 0.25) is 0 Å². The molecule has 4 heterocycles. The van der Waals surface area contributed by atoms with Crippen LogP contribution in [0.25, 0.3) is 33.4 Å². The van der Waals surface area contributed by atoms with Gasteiger partial charge in [0, 0.05) is 48.1 Å². The number of pyridine rings is 2. The van der Waals surface area contributed by atoms with E-state index in [0.29, 0.717) is 11.5 Å². The SMILES string of the molecule is Nc1ncnc2nc(-c3ccc(N4CCN(c5ccc(F)cc5)CC4)nc3)cc(-c3cccc(Br)c3)c12. The van der Waals surface area contributed by atoms with Crippen molar-refractivity contribution in [2.24, 2.45) is 0 Å². The molecule has 1 fully saturated rings. The van der Waals surface area contributed by atoms with Gasteiger partial charge in [-0.2, -0.15) is 0 Å². The summed E-state index contributed by atoms with van der Waals surface area (Å²) in [4.78, 5) is 22.6. The van der Waals surface area contributed by atoms with E-state index in [4.69, 9.17) is 15.7 Å². The number of nitrogens with zero attached hydrogens (tertiary/aromatic N) is 6. The first-order valence-electron chi connectivity index (χ1n) is 11.9. The molecule has 0 spiro atoms. The maximum absolute atomic E-state index is 13.3. The molecule has 2 aromatic carbocycles. The predicted molar refractivity (Wildman–Crippen MR) is 149 cm³/mol. The Hall–Kier alpha value is -4.11. The Labute approximate surface area is 222 Å². The number of benzene rings is 2. The summed E-state index contributed by atoms with van der Waals surface area (Å²) < 4.78 is 14.2. The fourth-order valence-electron chi connectivity index (χ4n) is 4.69. The molecule has 1 saturated heterocycles. The second-order valence-corrected chi connectivity index (χ2v) is 9.79. The molecule has 9 heteroatoms. The van der Waals surface area contributed by atoms with Crippen LogP contribution in [0.15, 0.2) is 83.7 Å². The molecule has 0 unspecified atom stereocenters. The number of halogens is 2. The summed E-state index contributed by atoms with van der Waals surface area (Å²) >= 11 is 3.56. The van der Waals surface area contributed by atoms with Crippen LogP contribution >= 0.6 is 15.9 Å². The van der Waals surface area contributed by atoms with E-state index in [2.05, 4.69) is 35.7 Å². The minimum Gasteiger partial charge on any atom is -0.383 e. The van der Waals surface area contributed by atoms with Crippen LogP contribution in [0.4, 0.5) is 21.7 Å². The molecule has 0 amide bonds. The lowest BCUT2D eigenvalue weighted by Gasteiger charge is -2.36. The van der Waals surface area contributed by atoms with Gasteiger partial charge in [-0.3, -0.25) is 0 Å². The van der Waals surface area contributed by atoms with Gasteiger partial charge in [-0.05, 0) is 65.7 Å².